The van der Waals surface area contributed by atoms with E-state index in [2.05, 4.69) is 10.6 Å². The molecule has 0 aliphatic carbocycles. The van der Waals surface area contributed by atoms with Crippen molar-refractivity contribution < 1.29 is 18.4 Å². The van der Waals surface area contributed by atoms with E-state index in [1.165, 1.54) is 12.1 Å². The molecule has 2 N–H and O–H groups in total. The molecule has 0 aromatic heterocycles. The van der Waals surface area contributed by atoms with Crippen LogP contribution >= 0.6 is 11.6 Å². The first kappa shape index (κ1) is 21.2. The molecular formula is C21H22ClF2N3O2. The number of nitrogens with one attached hydrogen (secondary N) is 2. The summed E-state index contributed by atoms with van der Waals surface area (Å²) in [6.45, 7) is 1.32. The number of carbonyl (C=O) groups is 2. The molecular weight excluding hydrogens is 400 g/mol. The lowest BCUT2D eigenvalue weighted by molar-refractivity contribution is -0.134. The van der Waals surface area contributed by atoms with Gasteiger partial charge in [0.25, 0.3) is 0 Å². The van der Waals surface area contributed by atoms with Crippen LogP contribution in [0.4, 0.5) is 8.78 Å². The highest BCUT2D eigenvalue weighted by Crippen LogP contribution is 2.18. The van der Waals surface area contributed by atoms with Gasteiger partial charge in [-0.25, -0.2) is 8.78 Å². The average molecular weight is 422 g/mol. The Morgan fingerprint density at radius 2 is 1.97 bits per heavy atom. The molecule has 0 radical (unpaired) electrons. The van der Waals surface area contributed by atoms with Gasteiger partial charge in [0.2, 0.25) is 11.8 Å². The van der Waals surface area contributed by atoms with Gasteiger partial charge in [-0.1, -0.05) is 35.9 Å². The third kappa shape index (κ3) is 5.74. The molecule has 1 aliphatic rings. The van der Waals surface area contributed by atoms with Crippen LogP contribution < -0.4 is 10.6 Å². The molecule has 1 saturated heterocycles. The average Bonchev–Trinajstić information content (AvgIpc) is 2.69. The summed E-state index contributed by atoms with van der Waals surface area (Å²) in [5.41, 5.74) is 1.20. The van der Waals surface area contributed by atoms with Gasteiger partial charge >= 0.3 is 0 Å². The van der Waals surface area contributed by atoms with Gasteiger partial charge in [0.1, 0.15) is 0 Å². The molecule has 1 fully saturated rings. The zero-order chi connectivity index (χ0) is 20.8. The molecule has 2 aromatic rings. The highest BCUT2D eigenvalue weighted by atomic mass is 35.5. The molecule has 29 heavy (non-hydrogen) atoms. The second-order valence-electron chi connectivity index (χ2n) is 6.92. The van der Waals surface area contributed by atoms with E-state index in [4.69, 9.17) is 11.6 Å². The zero-order valence-electron chi connectivity index (χ0n) is 15.8. The predicted molar refractivity (Wildman–Crippen MR) is 106 cm³/mol. The summed E-state index contributed by atoms with van der Waals surface area (Å²) in [5, 5.41) is 6.18. The molecule has 154 valence electrons. The van der Waals surface area contributed by atoms with E-state index in [1.807, 2.05) is 12.1 Å². The number of benzene rings is 2. The minimum absolute atomic E-state index is 0.0522. The van der Waals surface area contributed by atoms with E-state index >= 15 is 0 Å². The Labute approximate surface area is 173 Å². The van der Waals surface area contributed by atoms with Crippen LogP contribution in [0.1, 0.15) is 17.5 Å². The van der Waals surface area contributed by atoms with Crippen LogP contribution in [-0.2, 0) is 22.6 Å². The van der Waals surface area contributed by atoms with Crippen molar-refractivity contribution in [2.24, 2.45) is 0 Å². The Hall–Kier alpha value is -2.51. The first-order valence-corrected chi connectivity index (χ1v) is 9.77. The molecule has 8 heteroatoms. The van der Waals surface area contributed by atoms with E-state index in [0.29, 0.717) is 31.1 Å². The van der Waals surface area contributed by atoms with Crippen molar-refractivity contribution in [1.29, 1.82) is 0 Å². The van der Waals surface area contributed by atoms with Gasteiger partial charge < -0.3 is 10.6 Å². The smallest absolute Gasteiger partial charge is 0.237 e. The van der Waals surface area contributed by atoms with Gasteiger partial charge in [0, 0.05) is 36.8 Å². The molecule has 1 heterocycles. The van der Waals surface area contributed by atoms with E-state index in [1.54, 1.807) is 17.0 Å². The van der Waals surface area contributed by atoms with Crippen LogP contribution in [-0.4, -0.2) is 42.4 Å². The molecule has 5 nitrogen and oxygen atoms in total. The number of hydrogen-bond donors (Lipinski definition) is 2. The predicted octanol–water partition coefficient (Wildman–Crippen LogP) is 2.67. The van der Waals surface area contributed by atoms with Gasteiger partial charge in [-0.15, -0.1) is 0 Å². The highest BCUT2D eigenvalue weighted by molar-refractivity contribution is 6.30. The normalized spacial score (nSPS) is 17.1. The van der Waals surface area contributed by atoms with Crippen LogP contribution in [0.15, 0.2) is 42.5 Å². The Bertz CT molecular complexity index is 877. The van der Waals surface area contributed by atoms with Crippen LogP contribution in [0.5, 0.6) is 0 Å². The lowest BCUT2D eigenvalue weighted by Crippen LogP contribution is -2.56. The SMILES string of the molecule is O=C(C[C@H]1C(=O)NCCN1Cc1cccc(F)c1F)NCCc1ccc(Cl)cc1. The summed E-state index contributed by atoms with van der Waals surface area (Å²) in [7, 11) is 0. The van der Waals surface area contributed by atoms with Crippen molar-refractivity contribution in [3.05, 3.63) is 70.2 Å². The van der Waals surface area contributed by atoms with E-state index < -0.39 is 17.7 Å². The van der Waals surface area contributed by atoms with E-state index in [0.717, 1.165) is 11.6 Å². The number of piperazine rings is 1. The number of amides is 2. The third-order valence-electron chi connectivity index (χ3n) is 4.87. The fourth-order valence-corrected chi connectivity index (χ4v) is 3.43. The van der Waals surface area contributed by atoms with Crippen LogP contribution in [0.25, 0.3) is 0 Å². The minimum atomic E-state index is -0.930. The van der Waals surface area contributed by atoms with Crippen molar-refractivity contribution in [2.75, 3.05) is 19.6 Å². The zero-order valence-corrected chi connectivity index (χ0v) is 16.5. The molecule has 0 saturated carbocycles. The summed E-state index contributed by atoms with van der Waals surface area (Å²) in [4.78, 5) is 26.3. The maximum absolute atomic E-state index is 14.0. The maximum atomic E-state index is 14.0. The van der Waals surface area contributed by atoms with Gasteiger partial charge in [-0.05, 0) is 30.2 Å². The summed E-state index contributed by atoms with van der Waals surface area (Å²) >= 11 is 5.85. The topological polar surface area (TPSA) is 61.4 Å². The monoisotopic (exact) mass is 421 g/mol. The Morgan fingerprint density at radius 3 is 2.72 bits per heavy atom. The summed E-state index contributed by atoms with van der Waals surface area (Å²) < 4.78 is 27.5. The number of carbonyl (C=O) groups excluding carboxylic acids is 2. The number of nitrogens with zero attached hydrogens (tertiary/aromatic N) is 1. The standard InChI is InChI=1S/C21H22ClF2N3O2/c22-16-6-4-14(5-7-16)8-9-25-19(28)12-18-21(29)26-10-11-27(18)13-15-2-1-3-17(23)20(15)24/h1-7,18H,8-13H2,(H,25,28)(H,26,29)/t18-/m0/s1. The highest BCUT2D eigenvalue weighted by Gasteiger charge is 2.32. The molecule has 0 bridgehead atoms. The number of rotatable bonds is 7. The van der Waals surface area contributed by atoms with Crippen LogP contribution in [0, 0.1) is 11.6 Å². The van der Waals surface area contributed by atoms with Gasteiger partial charge in [0.05, 0.1) is 12.5 Å². The van der Waals surface area contributed by atoms with Crippen molar-refractivity contribution >= 4 is 23.4 Å². The third-order valence-corrected chi connectivity index (χ3v) is 5.13. The van der Waals surface area contributed by atoms with Crippen LogP contribution in [0.2, 0.25) is 5.02 Å². The fourth-order valence-electron chi connectivity index (χ4n) is 3.31. The Balaban J connectivity index is 1.57. The molecule has 1 aliphatic heterocycles. The van der Waals surface area contributed by atoms with E-state index in [9.17, 15) is 18.4 Å². The van der Waals surface area contributed by atoms with Crippen molar-refractivity contribution in [3.63, 3.8) is 0 Å². The van der Waals surface area contributed by atoms with Crippen molar-refractivity contribution in [1.82, 2.24) is 15.5 Å². The van der Waals surface area contributed by atoms with Crippen LogP contribution in [0.3, 0.4) is 0 Å². The lowest BCUT2D eigenvalue weighted by atomic mass is 10.1. The summed E-state index contributed by atoms with van der Waals surface area (Å²) in [6.07, 6.45) is 0.585. The van der Waals surface area contributed by atoms with Gasteiger partial charge in [-0.3, -0.25) is 14.5 Å². The second kappa shape index (κ2) is 9.80. The molecule has 0 unspecified atom stereocenters. The fraction of sp³-hybridized carbons (Fsp3) is 0.333. The van der Waals surface area contributed by atoms with Gasteiger partial charge in [-0.2, -0.15) is 0 Å². The number of halogens is 3. The summed E-state index contributed by atoms with van der Waals surface area (Å²) in [6, 6.07) is 10.6. The lowest BCUT2D eigenvalue weighted by Gasteiger charge is -2.34. The molecule has 3 rings (SSSR count). The van der Waals surface area contributed by atoms with Crippen molar-refractivity contribution in [3.8, 4) is 0 Å². The molecule has 2 amide bonds. The molecule has 1 atom stereocenters. The van der Waals surface area contributed by atoms with Gasteiger partial charge in [0.15, 0.2) is 11.6 Å². The first-order chi connectivity index (χ1) is 13.9. The summed E-state index contributed by atoms with van der Waals surface area (Å²) in [5.74, 6) is -2.42. The maximum Gasteiger partial charge on any atom is 0.237 e. The second-order valence-corrected chi connectivity index (χ2v) is 7.36. The quantitative estimate of drug-likeness (QED) is 0.722. The van der Waals surface area contributed by atoms with Crippen molar-refractivity contribution in [2.45, 2.75) is 25.4 Å². The largest absolute Gasteiger partial charge is 0.356 e. The Morgan fingerprint density at radius 1 is 1.21 bits per heavy atom. The van der Waals surface area contributed by atoms with E-state index in [-0.39, 0.29) is 30.3 Å². The first-order valence-electron chi connectivity index (χ1n) is 9.40. The Kier molecular flexibility index (Phi) is 7.17. The molecule has 0 spiro atoms. The number of hydrogen-bond acceptors (Lipinski definition) is 3. The minimum Gasteiger partial charge on any atom is -0.356 e. The molecule has 2 aromatic carbocycles.